The van der Waals surface area contributed by atoms with E-state index in [2.05, 4.69) is 41.7 Å². The van der Waals surface area contributed by atoms with Crippen molar-refractivity contribution in [1.29, 1.82) is 0 Å². The summed E-state index contributed by atoms with van der Waals surface area (Å²) in [7, 11) is 0. The quantitative estimate of drug-likeness (QED) is 0.883. The molecule has 0 aliphatic rings. The molecule has 17 heavy (non-hydrogen) atoms. The van der Waals surface area contributed by atoms with Crippen LogP contribution >= 0.6 is 11.3 Å². The van der Waals surface area contributed by atoms with Crippen molar-refractivity contribution in [3.63, 3.8) is 0 Å². The molecule has 0 atom stereocenters. The van der Waals surface area contributed by atoms with Gasteiger partial charge >= 0.3 is 0 Å². The molecule has 0 aromatic carbocycles. The van der Waals surface area contributed by atoms with Gasteiger partial charge in [0.25, 0.3) is 0 Å². The van der Waals surface area contributed by atoms with Crippen LogP contribution in [0.3, 0.4) is 0 Å². The molecule has 0 radical (unpaired) electrons. The topological polar surface area (TPSA) is 29.9 Å². The predicted octanol–water partition coefficient (Wildman–Crippen LogP) is 2.87. The lowest BCUT2D eigenvalue weighted by atomic mass is 10.3. The van der Waals surface area contributed by atoms with Gasteiger partial charge in [-0.25, -0.2) is 4.98 Å². The van der Waals surface area contributed by atoms with Crippen molar-refractivity contribution < 1.29 is 0 Å². The van der Waals surface area contributed by atoms with Gasteiger partial charge in [0.1, 0.15) is 0 Å². The lowest BCUT2D eigenvalue weighted by Gasteiger charge is -2.05. The summed E-state index contributed by atoms with van der Waals surface area (Å²) in [4.78, 5) is 6.98. The second kappa shape index (κ2) is 5.47. The molecule has 0 fully saturated rings. The highest BCUT2D eigenvalue weighted by molar-refractivity contribution is 7.12. The van der Waals surface area contributed by atoms with E-state index in [4.69, 9.17) is 0 Å². The first kappa shape index (κ1) is 12.3. The number of rotatable bonds is 5. The Morgan fingerprint density at radius 3 is 2.82 bits per heavy atom. The Kier molecular flexibility index (Phi) is 3.97. The van der Waals surface area contributed by atoms with E-state index in [1.165, 1.54) is 21.0 Å². The molecule has 0 spiro atoms. The summed E-state index contributed by atoms with van der Waals surface area (Å²) in [6.45, 7) is 9.28. The predicted molar refractivity (Wildman–Crippen MR) is 72.2 cm³/mol. The van der Waals surface area contributed by atoms with Gasteiger partial charge < -0.3 is 9.88 Å². The summed E-state index contributed by atoms with van der Waals surface area (Å²) in [5.41, 5.74) is 2.64. The van der Waals surface area contributed by atoms with Gasteiger partial charge in [-0.15, -0.1) is 11.3 Å². The van der Waals surface area contributed by atoms with Gasteiger partial charge in [-0.1, -0.05) is 0 Å². The number of thiophene rings is 1. The Balaban J connectivity index is 1.87. The Hall–Kier alpha value is -1.13. The molecule has 0 amide bonds. The molecule has 0 unspecified atom stereocenters. The maximum atomic E-state index is 4.16. The van der Waals surface area contributed by atoms with E-state index in [-0.39, 0.29) is 0 Å². The first-order valence-corrected chi connectivity index (χ1v) is 6.78. The Labute approximate surface area is 107 Å². The highest BCUT2D eigenvalue weighted by atomic mass is 32.1. The Bertz CT molecular complexity index is 465. The number of nitrogens with one attached hydrogen (secondary N) is 1. The summed E-state index contributed by atoms with van der Waals surface area (Å²) in [6.07, 6.45) is 3.82. The lowest BCUT2D eigenvalue weighted by Crippen LogP contribution is -2.14. The van der Waals surface area contributed by atoms with Crippen molar-refractivity contribution in [2.24, 2.45) is 0 Å². The van der Waals surface area contributed by atoms with Crippen molar-refractivity contribution in [3.05, 3.63) is 39.6 Å². The second-order valence-corrected chi connectivity index (χ2v) is 5.57. The normalized spacial score (nSPS) is 11.0. The van der Waals surface area contributed by atoms with Gasteiger partial charge in [0.05, 0.1) is 12.0 Å². The fourth-order valence-corrected chi connectivity index (χ4v) is 2.85. The maximum absolute atomic E-state index is 4.16. The molecule has 0 saturated heterocycles. The average Bonchev–Trinajstić information content (AvgIpc) is 2.87. The van der Waals surface area contributed by atoms with E-state index in [1.807, 2.05) is 23.9 Å². The Morgan fingerprint density at radius 1 is 1.35 bits per heavy atom. The fourth-order valence-electron chi connectivity index (χ4n) is 1.83. The third-order valence-corrected chi connectivity index (χ3v) is 4.11. The molecule has 1 N–H and O–H groups in total. The summed E-state index contributed by atoms with van der Waals surface area (Å²) < 4.78 is 2.16. The van der Waals surface area contributed by atoms with Crippen molar-refractivity contribution in [1.82, 2.24) is 14.9 Å². The fraction of sp³-hybridized carbons (Fsp3) is 0.462. The van der Waals surface area contributed by atoms with Crippen LogP contribution in [-0.4, -0.2) is 9.55 Å². The molecule has 0 saturated carbocycles. The molecule has 2 aromatic heterocycles. The van der Waals surface area contributed by atoms with E-state index in [9.17, 15) is 0 Å². The first-order valence-electron chi connectivity index (χ1n) is 5.96. The molecule has 92 valence electrons. The summed E-state index contributed by atoms with van der Waals surface area (Å²) in [5.74, 6) is 0. The molecule has 3 nitrogen and oxygen atoms in total. The average molecular weight is 249 g/mol. The van der Waals surface area contributed by atoms with Gasteiger partial charge in [0, 0.05) is 35.6 Å². The monoisotopic (exact) mass is 249 g/mol. The van der Waals surface area contributed by atoms with Gasteiger partial charge in [0.15, 0.2) is 0 Å². The highest BCUT2D eigenvalue weighted by Gasteiger charge is 2.03. The van der Waals surface area contributed by atoms with E-state index < -0.39 is 0 Å². The number of imidazole rings is 1. The zero-order chi connectivity index (χ0) is 12.3. The molecular formula is C13H19N3S. The van der Waals surface area contributed by atoms with Crippen LogP contribution in [0.15, 0.2) is 18.6 Å². The summed E-state index contributed by atoms with van der Waals surface area (Å²) >= 11 is 1.88. The standard InChI is InChI=1S/C13H19N3S/c1-4-16-9-15-7-12(16)6-14-8-13-5-10(2)11(3)17-13/h5,7,9,14H,4,6,8H2,1-3H3. The van der Waals surface area contributed by atoms with Gasteiger partial charge in [0.2, 0.25) is 0 Å². The van der Waals surface area contributed by atoms with Crippen molar-refractivity contribution in [3.8, 4) is 0 Å². The number of hydrogen-bond acceptors (Lipinski definition) is 3. The van der Waals surface area contributed by atoms with Crippen LogP contribution < -0.4 is 5.32 Å². The zero-order valence-electron chi connectivity index (χ0n) is 10.7. The SMILES string of the molecule is CCn1cncc1CNCc1cc(C)c(C)s1. The largest absolute Gasteiger partial charge is 0.334 e. The molecule has 0 bridgehead atoms. The van der Waals surface area contributed by atoms with Gasteiger partial charge in [-0.3, -0.25) is 0 Å². The number of nitrogens with zero attached hydrogens (tertiary/aromatic N) is 2. The molecule has 2 rings (SSSR count). The van der Waals surface area contributed by atoms with Crippen LogP contribution in [0.4, 0.5) is 0 Å². The van der Waals surface area contributed by atoms with Gasteiger partial charge in [-0.05, 0) is 32.4 Å². The molecule has 4 heteroatoms. The van der Waals surface area contributed by atoms with Crippen LogP contribution in [-0.2, 0) is 19.6 Å². The molecule has 0 aliphatic heterocycles. The van der Waals surface area contributed by atoms with Gasteiger partial charge in [-0.2, -0.15) is 0 Å². The lowest BCUT2D eigenvalue weighted by molar-refractivity contribution is 0.632. The molecular weight excluding hydrogens is 230 g/mol. The minimum atomic E-state index is 0.879. The van der Waals surface area contributed by atoms with E-state index in [0.29, 0.717) is 0 Å². The summed E-state index contributed by atoms with van der Waals surface area (Å²) in [5, 5.41) is 3.47. The highest BCUT2D eigenvalue weighted by Crippen LogP contribution is 2.20. The number of aromatic nitrogens is 2. The van der Waals surface area contributed by atoms with Crippen LogP contribution in [0.25, 0.3) is 0 Å². The molecule has 2 aromatic rings. The third kappa shape index (κ3) is 2.96. The first-order chi connectivity index (χ1) is 8.20. The number of aryl methyl sites for hydroxylation is 3. The molecule has 0 aliphatic carbocycles. The van der Waals surface area contributed by atoms with E-state index in [0.717, 1.165) is 19.6 Å². The van der Waals surface area contributed by atoms with E-state index in [1.54, 1.807) is 0 Å². The molecule has 2 heterocycles. The zero-order valence-corrected chi connectivity index (χ0v) is 11.5. The van der Waals surface area contributed by atoms with Crippen molar-refractivity contribution in [2.45, 2.75) is 40.4 Å². The van der Waals surface area contributed by atoms with Crippen LogP contribution in [0.1, 0.15) is 27.9 Å². The number of hydrogen-bond donors (Lipinski definition) is 1. The van der Waals surface area contributed by atoms with Crippen LogP contribution in [0, 0.1) is 13.8 Å². The second-order valence-electron chi connectivity index (χ2n) is 4.23. The minimum Gasteiger partial charge on any atom is -0.334 e. The maximum Gasteiger partial charge on any atom is 0.0948 e. The van der Waals surface area contributed by atoms with Crippen LogP contribution in [0.5, 0.6) is 0 Å². The smallest absolute Gasteiger partial charge is 0.0948 e. The Morgan fingerprint density at radius 2 is 2.18 bits per heavy atom. The van der Waals surface area contributed by atoms with E-state index >= 15 is 0 Å². The van der Waals surface area contributed by atoms with Crippen molar-refractivity contribution in [2.75, 3.05) is 0 Å². The van der Waals surface area contributed by atoms with Crippen LogP contribution in [0.2, 0.25) is 0 Å². The van der Waals surface area contributed by atoms with Crippen molar-refractivity contribution >= 4 is 11.3 Å². The minimum absolute atomic E-state index is 0.879. The summed E-state index contributed by atoms with van der Waals surface area (Å²) in [6, 6.07) is 2.27. The third-order valence-electron chi connectivity index (χ3n) is 2.96.